The van der Waals surface area contributed by atoms with Gasteiger partial charge in [0.05, 0.1) is 26.4 Å². The Morgan fingerprint density at radius 1 is 1.14 bits per heavy atom. The third-order valence-corrected chi connectivity index (χ3v) is 5.75. The Morgan fingerprint density at radius 3 is 2.37 bits per heavy atom. The van der Waals surface area contributed by atoms with Crippen LogP contribution in [-0.2, 0) is 12.0 Å². The van der Waals surface area contributed by atoms with Crippen molar-refractivity contribution in [2.75, 3.05) is 20.3 Å². The van der Waals surface area contributed by atoms with E-state index in [1.54, 1.807) is 31.1 Å². The van der Waals surface area contributed by atoms with E-state index >= 15 is 0 Å². The number of aromatic carboxylic acids is 1. The van der Waals surface area contributed by atoms with Crippen LogP contribution in [0, 0.1) is 5.41 Å². The van der Waals surface area contributed by atoms with Crippen LogP contribution in [-0.4, -0.2) is 54.0 Å². The number of hydrogen-bond donors (Lipinski definition) is 2. The molecular weight excluding hydrogens is 448 g/mol. The van der Waals surface area contributed by atoms with Crippen molar-refractivity contribution < 1.29 is 28.9 Å². The predicted molar refractivity (Wildman–Crippen MR) is 134 cm³/mol. The van der Waals surface area contributed by atoms with Gasteiger partial charge in [-0.25, -0.2) is 4.79 Å². The number of benzene rings is 2. The van der Waals surface area contributed by atoms with Crippen molar-refractivity contribution in [2.24, 2.45) is 0 Å². The number of methoxy groups -OCH3 is 1. The number of nitrogens with zero attached hydrogens (tertiary/aromatic N) is 1. The molecule has 0 radical (unpaired) electrons. The lowest BCUT2D eigenvalue weighted by Gasteiger charge is -2.26. The second-order valence-electron chi connectivity index (χ2n) is 9.84. The highest BCUT2D eigenvalue weighted by atomic mass is 16.5. The van der Waals surface area contributed by atoms with Gasteiger partial charge in [-0.15, -0.1) is 0 Å². The molecule has 0 spiro atoms. The molecule has 3 rings (SSSR count). The first-order valence-corrected chi connectivity index (χ1v) is 11.7. The van der Waals surface area contributed by atoms with Crippen LogP contribution in [0.2, 0.25) is 0 Å². The maximum Gasteiger partial charge on any atom is 0.339 e. The zero-order chi connectivity index (χ0) is 26.1. The van der Waals surface area contributed by atoms with Crippen LogP contribution < -0.4 is 14.2 Å². The second kappa shape index (κ2) is 9.98. The standard InChI is InChI=1S/C27H34N2O6/c1-8-34-22-11-17-13-29(25(28)18(17)12-19(22)26(31)32)14-21(30)16-9-20(27(4,5)6)24(33-7)23(10-16)35-15(2)3/h9-12,15,28H,8,13-14H2,1-7H3,(H,31,32). The van der Waals surface area contributed by atoms with Gasteiger partial charge in [-0.3, -0.25) is 10.2 Å². The molecule has 2 aromatic carbocycles. The van der Waals surface area contributed by atoms with Crippen molar-refractivity contribution in [1.82, 2.24) is 4.90 Å². The average molecular weight is 483 g/mol. The van der Waals surface area contributed by atoms with Gasteiger partial charge >= 0.3 is 5.97 Å². The molecule has 1 heterocycles. The lowest BCUT2D eigenvalue weighted by Crippen LogP contribution is -2.30. The maximum atomic E-state index is 13.4. The Bertz CT molecular complexity index is 1160. The van der Waals surface area contributed by atoms with Gasteiger partial charge in [0, 0.05) is 23.2 Å². The number of rotatable bonds is 9. The minimum absolute atomic E-state index is 0.00368. The van der Waals surface area contributed by atoms with E-state index in [9.17, 15) is 14.7 Å². The first-order chi connectivity index (χ1) is 16.4. The second-order valence-corrected chi connectivity index (χ2v) is 9.84. The summed E-state index contributed by atoms with van der Waals surface area (Å²) in [6.45, 7) is 12.3. The van der Waals surface area contributed by atoms with E-state index < -0.39 is 5.97 Å². The van der Waals surface area contributed by atoms with Crippen molar-refractivity contribution in [3.05, 3.63) is 52.1 Å². The number of carbonyl (C=O) groups excluding carboxylic acids is 1. The highest BCUT2D eigenvalue weighted by molar-refractivity contribution is 6.07. The van der Waals surface area contributed by atoms with Gasteiger partial charge in [-0.1, -0.05) is 20.8 Å². The summed E-state index contributed by atoms with van der Waals surface area (Å²) in [7, 11) is 1.59. The lowest BCUT2D eigenvalue weighted by molar-refractivity contribution is 0.0692. The number of ether oxygens (including phenoxy) is 3. The summed E-state index contributed by atoms with van der Waals surface area (Å²) in [4.78, 5) is 26.7. The van der Waals surface area contributed by atoms with E-state index in [1.165, 1.54) is 6.07 Å². The van der Waals surface area contributed by atoms with E-state index in [0.29, 0.717) is 35.8 Å². The van der Waals surface area contributed by atoms with Crippen molar-refractivity contribution in [2.45, 2.75) is 59.6 Å². The van der Waals surface area contributed by atoms with E-state index in [2.05, 4.69) is 0 Å². The Hall–Kier alpha value is -3.55. The van der Waals surface area contributed by atoms with E-state index in [0.717, 1.165) is 11.1 Å². The zero-order valence-electron chi connectivity index (χ0n) is 21.4. The molecule has 0 aliphatic carbocycles. The number of Topliss-reactive ketones (excluding diaryl/α,β-unsaturated/α-hetero) is 1. The molecule has 8 heteroatoms. The normalized spacial score (nSPS) is 13.1. The topological polar surface area (TPSA) is 109 Å². The number of fused-ring (bicyclic) bond motifs is 1. The van der Waals surface area contributed by atoms with Crippen LogP contribution in [0.15, 0.2) is 24.3 Å². The molecule has 188 valence electrons. The summed E-state index contributed by atoms with van der Waals surface area (Å²) in [5, 5.41) is 18.1. The Labute approximate surface area is 206 Å². The summed E-state index contributed by atoms with van der Waals surface area (Å²) in [5.41, 5.74) is 2.28. The molecule has 0 saturated carbocycles. The van der Waals surface area contributed by atoms with Crippen LogP contribution in [0.5, 0.6) is 17.2 Å². The number of nitrogens with one attached hydrogen (secondary N) is 1. The molecule has 8 nitrogen and oxygen atoms in total. The SMILES string of the molecule is CCOc1cc2c(cc1C(=O)O)C(=N)N(CC(=O)c1cc(OC(C)C)c(OC)c(C(C)(C)C)c1)C2. The number of amidine groups is 1. The number of hydrogen-bond acceptors (Lipinski definition) is 6. The number of carbonyl (C=O) groups is 2. The van der Waals surface area contributed by atoms with E-state index in [1.807, 2.05) is 40.7 Å². The zero-order valence-corrected chi connectivity index (χ0v) is 21.4. The van der Waals surface area contributed by atoms with Gasteiger partial charge in [0.25, 0.3) is 0 Å². The fourth-order valence-corrected chi connectivity index (χ4v) is 4.14. The van der Waals surface area contributed by atoms with Gasteiger partial charge in [0.1, 0.15) is 17.1 Å². The maximum absolute atomic E-state index is 13.4. The molecule has 1 aliphatic rings. The molecule has 1 aliphatic heterocycles. The summed E-state index contributed by atoms with van der Waals surface area (Å²) >= 11 is 0. The van der Waals surface area contributed by atoms with Crippen molar-refractivity contribution in [3.63, 3.8) is 0 Å². The first kappa shape index (κ1) is 26.1. The molecule has 0 fully saturated rings. The summed E-state index contributed by atoms with van der Waals surface area (Å²) in [6.07, 6.45) is -0.105. The average Bonchev–Trinajstić information content (AvgIpc) is 3.06. The molecule has 0 atom stereocenters. The van der Waals surface area contributed by atoms with Crippen LogP contribution >= 0.6 is 0 Å². The Morgan fingerprint density at radius 2 is 1.83 bits per heavy atom. The quantitative estimate of drug-likeness (QED) is 0.489. The highest BCUT2D eigenvalue weighted by Gasteiger charge is 2.31. The van der Waals surface area contributed by atoms with Gasteiger partial charge < -0.3 is 24.2 Å². The molecule has 0 aromatic heterocycles. The fraction of sp³-hybridized carbons (Fsp3) is 0.444. The van der Waals surface area contributed by atoms with Crippen LogP contribution in [0.3, 0.4) is 0 Å². The third kappa shape index (κ3) is 5.42. The van der Waals surface area contributed by atoms with Crippen molar-refractivity contribution in [1.29, 1.82) is 5.41 Å². The summed E-state index contributed by atoms with van der Waals surface area (Å²) < 4.78 is 17.1. The minimum Gasteiger partial charge on any atom is -0.493 e. The van der Waals surface area contributed by atoms with E-state index in [-0.39, 0.29) is 41.0 Å². The molecule has 2 aromatic rings. The predicted octanol–water partition coefficient (Wildman–Crippen LogP) is 4.90. The molecule has 2 N–H and O–H groups in total. The fourth-order valence-electron chi connectivity index (χ4n) is 4.14. The Balaban J connectivity index is 1.94. The summed E-state index contributed by atoms with van der Waals surface area (Å²) in [6, 6.07) is 6.63. The largest absolute Gasteiger partial charge is 0.493 e. The first-order valence-electron chi connectivity index (χ1n) is 11.7. The number of carboxylic acid groups (broad SMARTS) is 1. The third-order valence-electron chi connectivity index (χ3n) is 5.75. The Kier molecular flexibility index (Phi) is 7.43. The van der Waals surface area contributed by atoms with Crippen molar-refractivity contribution >= 4 is 17.6 Å². The molecule has 0 saturated heterocycles. The summed E-state index contributed by atoms with van der Waals surface area (Å²) in [5.74, 6) is 0.193. The smallest absolute Gasteiger partial charge is 0.339 e. The molecule has 0 bridgehead atoms. The number of ketones is 1. The molecule has 0 unspecified atom stereocenters. The van der Waals surface area contributed by atoms with Gasteiger partial charge in [0.15, 0.2) is 17.3 Å². The van der Waals surface area contributed by atoms with Crippen LogP contribution in [0.4, 0.5) is 0 Å². The lowest BCUT2D eigenvalue weighted by atomic mass is 9.84. The molecule has 35 heavy (non-hydrogen) atoms. The van der Waals surface area contributed by atoms with Crippen LogP contribution in [0.1, 0.15) is 78.9 Å². The monoisotopic (exact) mass is 482 g/mol. The van der Waals surface area contributed by atoms with E-state index in [4.69, 9.17) is 19.6 Å². The van der Waals surface area contributed by atoms with Gasteiger partial charge in [-0.2, -0.15) is 0 Å². The van der Waals surface area contributed by atoms with Crippen molar-refractivity contribution in [3.8, 4) is 17.2 Å². The molecule has 0 amide bonds. The van der Waals surface area contributed by atoms with Gasteiger partial charge in [-0.05, 0) is 56.0 Å². The van der Waals surface area contributed by atoms with Crippen LogP contribution in [0.25, 0.3) is 0 Å². The minimum atomic E-state index is -1.12. The van der Waals surface area contributed by atoms with Gasteiger partial charge in [0.2, 0.25) is 0 Å². The highest BCUT2D eigenvalue weighted by Crippen LogP contribution is 2.40. The number of carboxylic acids is 1. The molecular formula is C27H34N2O6.